The summed E-state index contributed by atoms with van der Waals surface area (Å²) >= 11 is 1.52. The number of hydrogen-bond acceptors (Lipinski definition) is 3. The van der Waals surface area contributed by atoms with Gasteiger partial charge in [-0.15, -0.1) is 11.3 Å². The molecule has 0 aliphatic heterocycles. The van der Waals surface area contributed by atoms with Crippen LogP contribution in [0, 0.1) is 0 Å². The molecule has 0 atom stereocenters. The van der Waals surface area contributed by atoms with E-state index in [1.807, 2.05) is 11.4 Å². The summed E-state index contributed by atoms with van der Waals surface area (Å²) in [6.45, 7) is 1.79. The summed E-state index contributed by atoms with van der Waals surface area (Å²) in [6.07, 6.45) is 3.22. The molecule has 0 saturated heterocycles. The Morgan fingerprint density at radius 3 is 3.00 bits per heavy atom. The second-order valence-corrected chi connectivity index (χ2v) is 4.61. The first-order valence-corrected chi connectivity index (χ1v) is 5.94. The number of aromatic nitrogens is 1. The quantitative estimate of drug-likeness (QED) is 0.847. The first-order chi connectivity index (χ1) is 8.09. The van der Waals surface area contributed by atoms with Crippen LogP contribution in [0.2, 0.25) is 0 Å². The van der Waals surface area contributed by atoms with E-state index in [2.05, 4.69) is 0 Å². The molecule has 0 amide bonds. The number of fused-ring (bicyclic) bond motifs is 1. The molecule has 0 radical (unpaired) electrons. The Kier molecular flexibility index (Phi) is 3.10. The zero-order valence-electron chi connectivity index (χ0n) is 9.21. The Labute approximate surface area is 101 Å². The fourth-order valence-electron chi connectivity index (χ4n) is 1.47. The van der Waals surface area contributed by atoms with E-state index in [9.17, 15) is 9.59 Å². The fraction of sp³-hybridized carbons (Fsp3) is 0.167. The SMILES string of the molecule is C/C(=C/Cn1ccc2sccc2c1=O)C(=O)O. The maximum absolute atomic E-state index is 12.0. The van der Waals surface area contributed by atoms with E-state index in [0.29, 0.717) is 5.39 Å². The standard InChI is InChI=1S/C12H11NO3S/c1-8(12(15)16)2-5-13-6-3-10-9(11(13)14)4-7-17-10/h2-4,6-7H,5H2,1H3,(H,15,16)/b8-2-. The Bertz CT molecular complexity index is 651. The van der Waals surface area contributed by atoms with E-state index >= 15 is 0 Å². The van der Waals surface area contributed by atoms with Gasteiger partial charge in [0, 0.05) is 23.0 Å². The number of carbonyl (C=O) groups is 1. The summed E-state index contributed by atoms with van der Waals surface area (Å²) in [5, 5.41) is 11.3. The summed E-state index contributed by atoms with van der Waals surface area (Å²) in [4.78, 5) is 22.6. The molecule has 5 heteroatoms. The van der Waals surface area contributed by atoms with Crippen molar-refractivity contribution in [1.82, 2.24) is 4.57 Å². The molecule has 0 spiro atoms. The van der Waals surface area contributed by atoms with Crippen molar-refractivity contribution in [2.24, 2.45) is 0 Å². The van der Waals surface area contributed by atoms with Crippen molar-refractivity contribution in [2.45, 2.75) is 13.5 Å². The van der Waals surface area contributed by atoms with Crippen molar-refractivity contribution in [3.05, 3.63) is 45.7 Å². The van der Waals surface area contributed by atoms with Crippen molar-refractivity contribution in [3.63, 3.8) is 0 Å². The zero-order chi connectivity index (χ0) is 12.4. The number of allylic oxidation sites excluding steroid dienone is 1. The van der Waals surface area contributed by atoms with Gasteiger partial charge >= 0.3 is 5.97 Å². The summed E-state index contributed by atoms with van der Waals surface area (Å²) in [6, 6.07) is 3.65. The third kappa shape index (κ3) is 2.29. The minimum absolute atomic E-state index is 0.0850. The van der Waals surface area contributed by atoms with Gasteiger partial charge in [-0.3, -0.25) is 4.79 Å². The Morgan fingerprint density at radius 2 is 2.29 bits per heavy atom. The van der Waals surface area contributed by atoms with E-state index in [0.717, 1.165) is 4.70 Å². The first-order valence-electron chi connectivity index (χ1n) is 5.06. The molecule has 88 valence electrons. The highest BCUT2D eigenvalue weighted by atomic mass is 32.1. The number of aliphatic carboxylic acids is 1. The predicted molar refractivity (Wildman–Crippen MR) is 67.5 cm³/mol. The van der Waals surface area contributed by atoms with Crippen LogP contribution in [0.3, 0.4) is 0 Å². The average molecular weight is 249 g/mol. The van der Waals surface area contributed by atoms with Gasteiger partial charge < -0.3 is 9.67 Å². The summed E-state index contributed by atoms with van der Waals surface area (Å²) in [5.74, 6) is -0.963. The molecule has 2 rings (SSSR count). The Hall–Kier alpha value is -1.88. The lowest BCUT2D eigenvalue weighted by Crippen LogP contribution is -2.18. The van der Waals surface area contributed by atoms with Crippen LogP contribution >= 0.6 is 11.3 Å². The van der Waals surface area contributed by atoms with Gasteiger partial charge in [-0.1, -0.05) is 6.08 Å². The molecular formula is C12H11NO3S. The second kappa shape index (κ2) is 4.55. The number of hydrogen-bond donors (Lipinski definition) is 1. The first kappa shape index (κ1) is 11.6. The summed E-state index contributed by atoms with van der Waals surface area (Å²) < 4.78 is 2.45. The van der Waals surface area contributed by atoms with Crippen molar-refractivity contribution in [3.8, 4) is 0 Å². The van der Waals surface area contributed by atoms with Crippen LogP contribution in [-0.2, 0) is 11.3 Å². The molecule has 0 aliphatic rings. The smallest absolute Gasteiger partial charge is 0.331 e. The second-order valence-electron chi connectivity index (χ2n) is 3.66. The van der Waals surface area contributed by atoms with Crippen molar-refractivity contribution in [2.75, 3.05) is 0 Å². The van der Waals surface area contributed by atoms with E-state index in [-0.39, 0.29) is 17.7 Å². The zero-order valence-corrected chi connectivity index (χ0v) is 10.0. The third-order valence-corrected chi connectivity index (χ3v) is 3.41. The van der Waals surface area contributed by atoms with Gasteiger partial charge in [0.15, 0.2) is 0 Å². The van der Waals surface area contributed by atoms with Crippen LogP contribution in [0.25, 0.3) is 10.1 Å². The summed E-state index contributed by atoms with van der Waals surface area (Å²) in [5.41, 5.74) is 0.153. The minimum atomic E-state index is -0.963. The van der Waals surface area contributed by atoms with Crippen molar-refractivity contribution in [1.29, 1.82) is 0 Å². The molecule has 4 nitrogen and oxygen atoms in total. The molecule has 0 bridgehead atoms. The fourth-order valence-corrected chi connectivity index (χ4v) is 2.25. The number of nitrogens with zero attached hydrogens (tertiary/aromatic N) is 1. The van der Waals surface area contributed by atoms with Gasteiger partial charge in [-0.25, -0.2) is 4.79 Å². The normalized spacial score (nSPS) is 11.9. The van der Waals surface area contributed by atoms with Gasteiger partial charge in [0.1, 0.15) is 0 Å². The molecule has 2 heterocycles. The largest absolute Gasteiger partial charge is 0.478 e. The predicted octanol–water partition coefficient (Wildman–Crippen LogP) is 2.09. The molecule has 0 unspecified atom stereocenters. The number of rotatable bonds is 3. The van der Waals surface area contributed by atoms with Gasteiger partial charge in [0.25, 0.3) is 5.56 Å². The lowest BCUT2D eigenvalue weighted by Gasteiger charge is -2.02. The maximum Gasteiger partial charge on any atom is 0.331 e. The minimum Gasteiger partial charge on any atom is -0.478 e. The molecule has 2 aromatic rings. The number of pyridine rings is 1. The average Bonchev–Trinajstić information content (AvgIpc) is 2.76. The number of thiophene rings is 1. The van der Waals surface area contributed by atoms with Gasteiger partial charge in [0.05, 0.1) is 5.39 Å². The Balaban J connectivity index is 2.37. The van der Waals surface area contributed by atoms with E-state index in [4.69, 9.17) is 5.11 Å². The van der Waals surface area contributed by atoms with Gasteiger partial charge in [0.2, 0.25) is 0 Å². The Morgan fingerprint density at radius 1 is 1.53 bits per heavy atom. The highest BCUT2D eigenvalue weighted by molar-refractivity contribution is 7.17. The lowest BCUT2D eigenvalue weighted by molar-refractivity contribution is -0.132. The van der Waals surface area contributed by atoms with E-state index < -0.39 is 5.97 Å². The summed E-state index contributed by atoms with van der Waals surface area (Å²) in [7, 11) is 0. The lowest BCUT2D eigenvalue weighted by atomic mass is 10.3. The van der Waals surface area contributed by atoms with Crippen LogP contribution in [0.5, 0.6) is 0 Å². The van der Waals surface area contributed by atoms with Crippen molar-refractivity contribution < 1.29 is 9.90 Å². The molecular weight excluding hydrogens is 238 g/mol. The molecule has 2 aromatic heterocycles. The van der Waals surface area contributed by atoms with Gasteiger partial charge in [-0.05, 0) is 24.4 Å². The monoisotopic (exact) mass is 249 g/mol. The van der Waals surface area contributed by atoms with Crippen LogP contribution in [0.15, 0.2) is 40.2 Å². The third-order valence-electron chi connectivity index (χ3n) is 2.52. The van der Waals surface area contributed by atoms with Crippen LogP contribution in [0.4, 0.5) is 0 Å². The molecule has 0 aliphatic carbocycles. The highest BCUT2D eigenvalue weighted by Crippen LogP contribution is 2.16. The van der Waals surface area contributed by atoms with E-state index in [1.165, 1.54) is 28.9 Å². The molecule has 0 aromatic carbocycles. The van der Waals surface area contributed by atoms with Crippen LogP contribution in [0.1, 0.15) is 6.92 Å². The molecule has 17 heavy (non-hydrogen) atoms. The topological polar surface area (TPSA) is 59.3 Å². The molecule has 0 fully saturated rings. The van der Waals surface area contributed by atoms with E-state index in [1.54, 1.807) is 12.3 Å². The van der Waals surface area contributed by atoms with Crippen molar-refractivity contribution >= 4 is 27.4 Å². The maximum atomic E-state index is 12.0. The number of carboxylic acids is 1. The molecule has 0 saturated carbocycles. The highest BCUT2D eigenvalue weighted by Gasteiger charge is 2.03. The van der Waals surface area contributed by atoms with Gasteiger partial charge in [-0.2, -0.15) is 0 Å². The molecule has 1 N–H and O–H groups in total. The number of carboxylic acid groups (broad SMARTS) is 1. The van der Waals surface area contributed by atoms with Crippen LogP contribution < -0.4 is 5.56 Å². The van der Waals surface area contributed by atoms with Crippen LogP contribution in [-0.4, -0.2) is 15.6 Å².